The van der Waals surface area contributed by atoms with Crippen molar-refractivity contribution in [2.45, 2.75) is 0 Å². The molecule has 2 amide bonds. The van der Waals surface area contributed by atoms with Crippen molar-refractivity contribution in [1.29, 1.82) is 0 Å². The number of hydrogen-bond acceptors (Lipinski definition) is 5. The zero-order valence-electron chi connectivity index (χ0n) is 10.4. The number of anilines is 1. The van der Waals surface area contributed by atoms with E-state index in [9.17, 15) is 4.79 Å². The fraction of sp³-hybridized carbons (Fsp3) is 0.545. The lowest BCUT2D eigenvalue weighted by Gasteiger charge is -2.26. The molecular formula is C11H16ClN5O2. The average molecular weight is 286 g/mol. The Labute approximate surface area is 116 Å². The van der Waals surface area contributed by atoms with Crippen molar-refractivity contribution < 1.29 is 9.53 Å². The highest BCUT2D eigenvalue weighted by molar-refractivity contribution is 6.29. The molecule has 0 unspecified atom stereocenters. The van der Waals surface area contributed by atoms with Crippen molar-refractivity contribution in [3.05, 3.63) is 17.3 Å². The second kappa shape index (κ2) is 7.22. The van der Waals surface area contributed by atoms with E-state index in [-0.39, 0.29) is 6.03 Å². The maximum atomic E-state index is 11.6. The second-order valence-electron chi connectivity index (χ2n) is 4.08. The monoisotopic (exact) mass is 285 g/mol. The normalized spacial score (nSPS) is 16.1. The van der Waals surface area contributed by atoms with Crippen LogP contribution in [0.3, 0.4) is 0 Å². The van der Waals surface area contributed by atoms with Crippen molar-refractivity contribution >= 4 is 23.4 Å². The van der Waals surface area contributed by atoms with Gasteiger partial charge in [0, 0.05) is 26.2 Å². The van der Waals surface area contributed by atoms with Crippen LogP contribution in [-0.4, -0.2) is 60.5 Å². The van der Waals surface area contributed by atoms with Gasteiger partial charge in [-0.3, -0.25) is 10.2 Å². The van der Waals surface area contributed by atoms with Crippen molar-refractivity contribution in [3.8, 4) is 0 Å². The van der Waals surface area contributed by atoms with Crippen LogP contribution in [0.15, 0.2) is 12.1 Å². The summed E-state index contributed by atoms with van der Waals surface area (Å²) in [5.41, 5.74) is 0. The molecule has 0 aromatic carbocycles. The Hall–Kier alpha value is -1.44. The van der Waals surface area contributed by atoms with Gasteiger partial charge in [-0.15, -0.1) is 10.2 Å². The first kappa shape index (κ1) is 14.0. The van der Waals surface area contributed by atoms with Crippen LogP contribution >= 0.6 is 11.6 Å². The van der Waals surface area contributed by atoms with E-state index in [0.29, 0.717) is 17.5 Å². The molecule has 2 N–H and O–H groups in total. The minimum absolute atomic E-state index is 0.290. The first-order valence-electron chi connectivity index (χ1n) is 6.08. The first-order valence-corrected chi connectivity index (χ1v) is 6.46. The lowest BCUT2D eigenvalue weighted by atomic mass is 10.4. The Morgan fingerprint density at radius 1 is 1.37 bits per heavy atom. The van der Waals surface area contributed by atoms with E-state index in [2.05, 4.69) is 25.7 Å². The molecule has 2 heterocycles. The molecule has 1 aliphatic heterocycles. The fourth-order valence-corrected chi connectivity index (χ4v) is 1.80. The minimum Gasteiger partial charge on any atom is -0.379 e. The van der Waals surface area contributed by atoms with Gasteiger partial charge in [0.25, 0.3) is 0 Å². The largest absolute Gasteiger partial charge is 0.379 e. The molecule has 104 valence electrons. The van der Waals surface area contributed by atoms with Crippen LogP contribution in [0.1, 0.15) is 0 Å². The molecule has 0 radical (unpaired) electrons. The van der Waals surface area contributed by atoms with Crippen LogP contribution in [0.5, 0.6) is 0 Å². The van der Waals surface area contributed by atoms with Gasteiger partial charge in [0.1, 0.15) is 0 Å². The zero-order valence-corrected chi connectivity index (χ0v) is 11.2. The Morgan fingerprint density at radius 3 is 2.84 bits per heavy atom. The predicted molar refractivity (Wildman–Crippen MR) is 71.3 cm³/mol. The van der Waals surface area contributed by atoms with E-state index in [0.717, 1.165) is 32.8 Å². The van der Waals surface area contributed by atoms with Gasteiger partial charge in [0.15, 0.2) is 11.0 Å². The SMILES string of the molecule is O=C(NCCN1CCOCC1)Nc1ccc(Cl)nn1. The predicted octanol–water partition coefficient (Wildman–Crippen LogP) is 0.584. The van der Waals surface area contributed by atoms with Crippen LogP contribution < -0.4 is 10.6 Å². The van der Waals surface area contributed by atoms with Crippen LogP contribution in [-0.2, 0) is 4.74 Å². The second-order valence-corrected chi connectivity index (χ2v) is 4.46. The molecule has 0 saturated carbocycles. The van der Waals surface area contributed by atoms with Gasteiger partial charge in [0.2, 0.25) is 0 Å². The van der Waals surface area contributed by atoms with Gasteiger partial charge in [-0.05, 0) is 12.1 Å². The standard InChI is InChI=1S/C11H16ClN5O2/c12-9-1-2-10(16-15-9)14-11(18)13-3-4-17-5-7-19-8-6-17/h1-2H,3-8H2,(H2,13,14,16,18). The molecule has 2 rings (SSSR count). The molecule has 0 spiro atoms. The summed E-state index contributed by atoms with van der Waals surface area (Å²) in [6, 6.07) is 2.86. The molecule has 0 bridgehead atoms. The fourth-order valence-electron chi connectivity index (χ4n) is 1.70. The van der Waals surface area contributed by atoms with Crippen LogP contribution in [0.25, 0.3) is 0 Å². The molecule has 1 aromatic rings. The molecule has 0 atom stereocenters. The number of nitrogens with one attached hydrogen (secondary N) is 2. The molecule has 0 aliphatic carbocycles. The van der Waals surface area contributed by atoms with Crippen LogP contribution in [0.2, 0.25) is 5.15 Å². The number of aromatic nitrogens is 2. The smallest absolute Gasteiger partial charge is 0.320 e. The van der Waals surface area contributed by atoms with Crippen LogP contribution in [0.4, 0.5) is 10.6 Å². The number of amides is 2. The minimum atomic E-state index is -0.301. The number of rotatable bonds is 4. The van der Waals surface area contributed by atoms with Crippen molar-refractivity contribution in [1.82, 2.24) is 20.4 Å². The highest BCUT2D eigenvalue weighted by atomic mass is 35.5. The summed E-state index contributed by atoms with van der Waals surface area (Å²) >= 11 is 5.60. The number of urea groups is 1. The van der Waals surface area contributed by atoms with Crippen LogP contribution in [0, 0.1) is 0 Å². The van der Waals surface area contributed by atoms with Crippen molar-refractivity contribution in [3.63, 3.8) is 0 Å². The summed E-state index contributed by atoms with van der Waals surface area (Å²) in [6.07, 6.45) is 0. The molecule has 1 fully saturated rings. The van der Waals surface area contributed by atoms with Gasteiger partial charge < -0.3 is 10.1 Å². The van der Waals surface area contributed by atoms with Gasteiger partial charge in [-0.25, -0.2) is 4.79 Å². The van der Waals surface area contributed by atoms with E-state index in [1.54, 1.807) is 12.1 Å². The number of nitrogens with zero attached hydrogens (tertiary/aromatic N) is 3. The number of carbonyl (C=O) groups excluding carboxylic acids is 1. The lowest BCUT2D eigenvalue weighted by molar-refractivity contribution is 0.0388. The number of hydrogen-bond donors (Lipinski definition) is 2. The van der Waals surface area contributed by atoms with Gasteiger partial charge in [-0.1, -0.05) is 11.6 Å². The topological polar surface area (TPSA) is 79.4 Å². The average Bonchev–Trinajstić information content (AvgIpc) is 2.43. The summed E-state index contributed by atoms with van der Waals surface area (Å²) in [5, 5.41) is 13.0. The highest BCUT2D eigenvalue weighted by Gasteiger charge is 2.10. The van der Waals surface area contributed by atoms with E-state index in [4.69, 9.17) is 16.3 Å². The maximum absolute atomic E-state index is 11.6. The van der Waals surface area contributed by atoms with E-state index >= 15 is 0 Å². The van der Waals surface area contributed by atoms with Gasteiger partial charge in [0.05, 0.1) is 13.2 Å². The lowest BCUT2D eigenvalue weighted by Crippen LogP contribution is -2.42. The Balaban J connectivity index is 1.65. The van der Waals surface area contributed by atoms with Gasteiger partial charge >= 0.3 is 6.03 Å². The molecule has 8 heteroatoms. The molecule has 19 heavy (non-hydrogen) atoms. The third kappa shape index (κ3) is 4.98. The third-order valence-electron chi connectivity index (χ3n) is 2.69. The quantitative estimate of drug-likeness (QED) is 0.846. The Kier molecular flexibility index (Phi) is 5.31. The Morgan fingerprint density at radius 2 is 2.16 bits per heavy atom. The van der Waals surface area contributed by atoms with E-state index < -0.39 is 0 Å². The number of carbonyl (C=O) groups is 1. The Bertz CT molecular complexity index is 408. The summed E-state index contributed by atoms with van der Waals surface area (Å²) in [7, 11) is 0. The number of morpholine rings is 1. The van der Waals surface area contributed by atoms with E-state index in [1.807, 2.05) is 0 Å². The summed E-state index contributed by atoms with van der Waals surface area (Å²) in [6.45, 7) is 4.72. The van der Waals surface area contributed by atoms with E-state index in [1.165, 1.54) is 0 Å². The molecule has 1 aromatic heterocycles. The molecule has 7 nitrogen and oxygen atoms in total. The highest BCUT2D eigenvalue weighted by Crippen LogP contribution is 2.05. The first-order chi connectivity index (χ1) is 9.24. The third-order valence-corrected chi connectivity index (χ3v) is 2.89. The number of halogens is 1. The summed E-state index contributed by atoms with van der Waals surface area (Å²) < 4.78 is 5.25. The van der Waals surface area contributed by atoms with Gasteiger partial charge in [-0.2, -0.15) is 0 Å². The maximum Gasteiger partial charge on any atom is 0.320 e. The van der Waals surface area contributed by atoms with Crippen molar-refractivity contribution in [2.24, 2.45) is 0 Å². The van der Waals surface area contributed by atoms with Crippen molar-refractivity contribution in [2.75, 3.05) is 44.7 Å². The molecule has 1 saturated heterocycles. The summed E-state index contributed by atoms with van der Waals surface area (Å²) in [4.78, 5) is 13.8. The summed E-state index contributed by atoms with van der Waals surface area (Å²) in [5.74, 6) is 0.369. The molecular weight excluding hydrogens is 270 g/mol. The molecule has 1 aliphatic rings. The zero-order chi connectivity index (χ0) is 13.5. The number of ether oxygens (including phenoxy) is 1.